The Balaban J connectivity index is 0. The molecule has 0 aromatic carbocycles. The van der Waals surface area contributed by atoms with E-state index in [1.54, 1.807) is 0 Å². The third-order valence-electron chi connectivity index (χ3n) is 0.827. The van der Waals surface area contributed by atoms with E-state index in [4.69, 9.17) is 14.6 Å². The zero-order chi connectivity index (χ0) is 6.24. The Morgan fingerprint density at radius 1 is 1.33 bits per heavy atom. The van der Waals surface area contributed by atoms with E-state index in [1.165, 1.54) is 12.8 Å². The van der Waals surface area contributed by atoms with Crippen molar-refractivity contribution in [3.8, 4) is 0 Å². The highest BCUT2D eigenvalue weighted by atomic mass is 16.5. The lowest BCUT2D eigenvalue weighted by Gasteiger charge is -1.76. The van der Waals surface area contributed by atoms with Crippen LogP contribution in [0.3, 0.4) is 0 Å². The van der Waals surface area contributed by atoms with Gasteiger partial charge in [0.15, 0.2) is 0 Å². The molecule has 0 saturated carbocycles. The van der Waals surface area contributed by atoms with Crippen LogP contribution in [0.15, 0.2) is 0 Å². The van der Waals surface area contributed by atoms with Gasteiger partial charge in [-0.2, -0.15) is 0 Å². The van der Waals surface area contributed by atoms with Gasteiger partial charge in [-0.1, -0.05) is 0 Å². The van der Waals surface area contributed by atoms with Crippen molar-refractivity contribution in [1.29, 1.82) is 0 Å². The van der Waals surface area contributed by atoms with Gasteiger partial charge in [0.2, 0.25) is 0 Å². The molecule has 1 aliphatic heterocycles. The summed E-state index contributed by atoms with van der Waals surface area (Å²) in [4.78, 5) is 8.36. The molecular formula is C5H12O4. The normalized spacial score (nSPS) is 14.7. The van der Waals surface area contributed by atoms with E-state index in [1.807, 2.05) is 0 Å². The SMILES string of the molecule is C1CCOC1.O.O=CO. The Bertz CT molecular complexity index is 43.3. The summed E-state index contributed by atoms with van der Waals surface area (Å²) in [6.07, 6.45) is 2.56. The van der Waals surface area contributed by atoms with Crippen molar-refractivity contribution in [2.75, 3.05) is 13.2 Å². The van der Waals surface area contributed by atoms with Crippen molar-refractivity contribution < 1.29 is 20.1 Å². The zero-order valence-electron chi connectivity index (χ0n) is 5.17. The predicted octanol–water partition coefficient (Wildman–Crippen LogP) is -0.327. The summed E-state index contributed by atoms with van der Waals surface area (Å²) >= 11 is 0. The number of hydrogen-bond acceptors (Lipinski definition) is 2. The average molecular weight is 136 g/mol. The van der Waals surface area contributed by atoms with Crippen LogP contribution in [0.25, 0.3) is 0 Å². The van der Waals surface area contributed by atoms with Crippen LogP contribution in [0.1, 0.15) is 12.8 Å². The third-order valence-corrected chi connectivity index (χ3v) is 0.827. The van der Waals surface area contributed by atoms with E-state index in [-0.39, 0.29) is 11.9 Å². The Hall–Kier alpha value is -0.610. The first-order valence-electron chi connectivity index (χ1n) is 2.57. The zero-order valence-corrected chi connectivity index (χ0v) is 5.17. The standard InChI is InChI=1S/C4H8O.CH2O2.H2O/c1-2-4-5-3-1;2-1-3;/h1-4H2;1H,(H,2,3);1H2. The first-order chi connectivity index (χ1) is 3.91. The molecule has 1 aliphatic rings. The van der Waals surface area contributed by atoms with Crippen LogP contribution < -0.4 is 0 Å². The minimum absolute atomic E-state index is 0. The van der Waals surface area contributed by atoms with Gasteiger partial charge in [-0.15, -0.1) is 0 Å². The maximum atomic E-state index is 8.36. The molecule has 56 valence electrons. The summed E-state index contributed by atoms with van der Waals surface area (Å²) in [6, 6.07) is 0. The predicted molar refractivity (Wildman–Crippen MR) is 32.4 cm³/mol. The molecule has 1 heterocycles. The molecule has 1 saturated heterocycles. The molecule has 3 N–H and O–H groups in total. The van der Waals surface area contributed by atoms with E-state index in [0.717, 1.165) is 13.2 Å². The molecule has 1 fully saturated rings. The lowest BCUT2D eigenvalue weighted by atomic mass is 10.4. The summed E-state index contributed by atoms with van der Waals surface area (Å²) in [5, 5.41) is 6.89. The van der Waals surface area contributed by atoms with Crippen molar-refractivity contribution in [1.82, 2.24) is 0 Å². The molecule has 0 unspecified atom stereocenters. The minimum Gasteiger partial charge on any atom is -0.483 e. The van der Waals surface area contributed by atoms with Gasteiger partial charge in [-0.05, 0) is 12.8 Å². The van der Waals surface area contributed by atoms with Gasteiger partial charge in [-0.25, -0.2) is 0 Å². The average Bonchev–Trinajstić information content (AvgIpc) is 2.17. The smallest absolute Gasteiger partial charge is 0.290 e. The first-order valence-corrected chi connectivity index (χ1v) is 2.57. The molecule has 0 amide bonds. The monoisotopic (exact) mass is 136 g/mol. The molecule has 0 aromatic rings. The molecule has 9 heavy (non-hydrogen) atoms. The largest absolute Gasteiger partial charge is 0.483 e. The number of rotatable bonds is 0. The Morgan fingerprint density at radius 3 is 1.78 bits per heavy atom. The molecule has 1 rings (SSSR count). The summed E-state index contributed by atoms with van der Waals surface area (Å²) in [6.45, 7) is 1.75. The first kappa shape index (κ1) is 11.2. The van der Waals surface area contributed by atoms with Crippen LogP contribution in [0.5, 0.6) is 0 Å². The van der Waals surface area contributed by atoms with Crippen molar-refractivity contribution in [3.05, 3.63) is 0 Å². The Labute approximate surface area is 53.7 Å². The van der Waals surface area contributed by atoms with Gasteiger partial charge in [0.05, 0.1) is 0 Å². The highest BCUT2D eigenvalue weighted by Crippen LogP contribution is 1.98. The van der Waals surface area contributed by atoms with Gasteiger partial charge in [0, 0.05) is 13.2 Å². The molecular weight excluding hydrogens is 124 g/mol. The number of carboxylic acid groups (broad SMARTS) is 1. The lowest BCUT2D eigenvalue weighted by Crippen LogP contribution is -1.74. The summed E-state index contributed by atoms with van der Waals surface area (Å²) < 4.78 is 4.94. The molecule has 4 nitrogen and oxygen atoms in total. The number of carbonyl (C=O) groups is 1. The van der Waals surface area contributed by atoms with Crippen molar-refractivity contribution in [2.24, 2.45) is 0 Å². The number of hydrogen-bond donors (Lipinski definition) is 1. The highest BCUT2D eigenvalue weighted by molar-refractivity contribution is 5.32. The second kappa shape index (κ2) is 10.4. The molecule has 0 aromatic heterocycles. The Kier molecular flexibility index (Phi) is 13.0. The van der Waals surface area contributed by atoms with Gasteiger partial charge >= 0.3 is 0 Å². The highest BCUT2D eigenvalue weighted by Gasteiger charge is 1.94. The van der Waals surface area contributed by atoms with Gasteiger partial charge in [0.25, 0.3) is 6.47 Å². The molecule has 4 heteroatoms. The number of ether oxygens (including phenoxy) is 1. The van der Waals surface area contributed by atoms with Crippen LogP contribution in [0, 0.1) is 0 Å². The molecule has 0 spiro atoms. The molecule has 0 radical (unpaired) electrons. The fourth-order valence-corrected chi connectivity index (χ4v) is 0.510. The second-order valence-corrected chi connectivity index (χ2v) is 1.42. The third kappa shape index (κ3) is 11.1. The van der Waals surface area contributed by atoms with Crippen LogP contribution in [-0.4, -0.2) is 30.3 Å². The van der Waals surface area contributed by atoms with Crippen molar-refractivity contribution >= 4 is 6.47 Å². The van der Waals surface area contributed by atoms with Crippen molar-refractivity contribution in [2.45, 2.75) is 12.8 Å². The fraction of sp³-hybridized carbons (Fsp3) is 0.800. The van der Waals surface area contributed by atoms with Crippen LogP contribution in [0.2, 0.25) is 0 Å². The maximum absolute atomic E-state index is 8.36. The van der Waals surface area contributed by atoms with E-state index >= 15 is 0 Å². The van der Waals surface area contributed by atoms with Crippen LogP contribution in [-0.2, 0) is 9.53 Å². The molecule has 0 bridgehead atoms. The van der Waals surface area contributed by atoms with E-state index < -0.39 is 0 Å². The van der Waals surface area contributed by atoms with Crippen molar-refractivity contribution in [3.63, 3.8) is 0 Å². The van der Waals surface area contributed by atoms with E-state index in [2.05, 4.69) is 0 Å². The molecule has 0 atom stereocenters. The van der Waals surface area contributed by atoms with Crippen LogP contribution in [0.4, 0.5) is 0 Å². The van der Waals surface area contributed by atoms with Gasteiger partial charge in [0.1, 0.15) is 0 Å². The van der Waals surface area contributed by atoms with Gasteiger partial charge in [-0.3, -0.25) is 4.79 Å². The summed E-state index contributed by atoms with van der Waals surface area (Å²) in [5.41, 5.74) is 0. The van der Waals surface area contributed by atoms with E-state index in [0.29, 0.717) is 0 Å². The maximum Gasteiger partial charge on any atom is 0.290 e. The minimum atomic E-state index is -0.250. The van der Waals surface area contributed by atoms with Gasteiger partial charge < -0.3 is 15.3 Å². The van der Waals surface area contributed by atoms with E-state index in [9.17, 15) is 0 Å². The molecule has 0 aliphatic carbocycles. The Morgan fingerprint density at radius 2 is 1.67 bits per heavy atom. The second-order valence-electron chi connectivity index (χ2n) is 1.42. The topological polar surface area (TPSA) is 78.0 Å². The fourth-order valence-electron chi connectivity index (χ4n) is 0.510. The lowest BCUT2D eigenvalue weighted by molar-refractivity contribution is -0.122. The summed E-state index contributed by atoms with van der Waals surface area (Å²) in [7, 11) is 0. The summed E-state index contributed by atoms with van der Waals surface area (Å²) in [5.74, 6) is 0. The quantitative estimate of drug-likeness (QED) is 0.463. The van der Waals surface area contributed by atoms with Crippen LogP contribution >= 0.6 is 0 Å².